The van der Waals surface area contributed by atoms with E-state index < -0.39 is 0 Å². The number of hydrogen-bond donors (Lipinski definition) is 2. The lowest BCUT2D eigenvalue weighted by Crippen LogP contribution is -2.55. The van der Waals surface area contributed by atoms with E-state index in [0.29, 0.717) is 28.6 Å². The zero-order valence-electron chi connectivity index (χ0n) is 13.0. The Hall–Kier alpha value is -1.48. The number of amides is 1. The van der Waals surface area contributed by atoms with Crippen LogP contribution in [0.25, 0.3) is 10.9 Å². The lowest BCUT2D eigenvalue weighted by molar-refractivity contribution is -0.0120. The van der Waals surface area contributed by atoms with Gasteiger partial charge in [0.15, 0.2) is 0 Å². The molecule has 4 bridgehead atoms. The molecule has 1 heterocycles. The molecule has 4 heteroatoms. The highest BCUT2D eigenvalue weighted by molar-refractivity contribution is 6.31. The highest BCUT2D eigenvalue weighted by Gasteiger charge is 2.48. The van der Waals surface area contributed by atoms with Crippen molar-refractivity contribution in [2.24, 2.45) is 23.7 Å². The van der Waals surface area contributed by atoms with Crippen molar-refractivity contribution in [3.8, 4) is 0 Å². The van der Waals surface area contributed by atoms with Gasteiger partial charge in [-0.25, -0.2) is 0 Å². The number of rotatable bonds is 2. The fourth-order valence-electron chi connectivity index (χ4n) is 5.62. The smallest absolute Gasteiger partial charge is 0.267 e. The van der Waals surface area contributed by atoms with E-state index in [1.165, 1.54) is 32.1 Å². The molecule has 1 aromatic heterocycles. The number of H-pyrrole nitrogens is 1. The van der Waals surface area contributed by atoms with Crippen molar-refractivity contribution in [2.75, 3.05) is 0 Å². The lowest BCUT2D eigenvalue weighted by Gasteiger charge is -2.54. The number of carbonyl (C=O) groups excluding carboxylic acids is 1. The first-order valence-electron chi connectivity index (χ1n) is 8.75. The average molecular weight is 329 g/mol. The molecule has 1 amide bonds. The summed E-state index contributed by atoms with van der Waals surface area (Å²) in [6.07, 6.45) is 6.72. The molecule has 4 aliphatic rings. The second kappa shape index (κ2) is 5.01. The second-order valence-corrected chi connectivity index (χ2v) is 8.28. The zero-order valence-corrected chi connectivity index (χ0v) is 13.8. The maximum Gasteiger partial charge on any atom is 0.267 e. The van der Waals surface area contributed by atoms with Crippen LogP contribution in [-0.2, 0) is 0 Å². The van der Waals surface area contributed by atoms with Crippen LogP contribution in [0.5, 0.6) is 0 Å². The summed E-state index contributed by atoms with van der Waals surface area (Å²) in [6, 6.07) is 7.96. The molecule has 0 aliphatic heterocycles. The molecule has 3 nitrogen and oxygen atoms in total. The van der Waals surface area contributed by atoms with Crippen LogP contribution in [-0.4, -0.2) is 16.9 Å². The van der Waals surface area contributed by atoms with Gasteiger partial charge in [0.25, 0.3) is 5.91 Å². The summed E-state index contributed by atoms with van der Waals surface area (Å²) in [6.45, 7) is 0. The van der Waals surface area contributed by atoms with Gasteiger partial charge < -0.3 is 10.3 Å². The molecule has 4 fully saturated rings. The van der Waals surface area contributed by atoms with Crippen molar-refractivity contribution in [3.05, 3.63) is 35.0 Å². The van der Waals surface area contributed by atoms with Gasteiger partial charge in [0.05, 0.1) is 0 Å². The highest BCUT2D eigenvalue weighted by Crippen LogP contribution is 2.53. The third-order valence-corrected chi connectivity index (χ3v) is 6.59. The van der Waals surface area contributed by atoms with Gasteiger partial charge in [-0.2, -0.15) is 0 Å². The van der Waals surface area contributed by atoms with Crippen LogP contribution >= 0.6 is 11.6 Å². The third-order valence-electron chi connectivity index (χ3n) is 6.35. The van der Waals surface area contributed by atoms with E-state index in [4.69, 9.17) is 11.6 Å². The van der Waals surface area contributed by atoms with Gasteiger partial charge in [0.2, 0.25) is 0 Å². The molecule has 2 N–H and O–H groups in total. The van der Waals surface area contributed by atoms with Crippen LogP contribution in [0.15, 0.2) is 24.3 Å². The van der Waals surface area contributed by atoms with Crippen LogP contribution in [0.2, 0.25) is 5.02 Å². The van der Waals surface area contributed by atoms with E-state index in [2.05, 4.69) is 10.3 Å². The number of halogens is 1. The quantitative estimate of drug-likeness (QED) is 0.844. The van der Waals surface area contributed by atoms with Gasteiger partial charge in [-0.3, -0.25) is 4.79 Å². The minimum Gasteiger partial charge on any atom is -0.351 e. The first kappa shape index (κ1) is 13.9. The van der Waals surface area contributed by atoms with Gasteiger partial charge in [0, 0.05) is 22.0 Å². The monoisotopic (exact) mass is 328 g/mol. The van der Waals surface area contributed by atoms with Gasteiger partial charge >= 0.3 is 0 Å². The average Bonchev–Trinajstić information content (AvgIpc) is 2.93. The van der Waals surface area contributed by atoms with Crippen molar-refractivity contribution >= 4 is 28.4 Å². The molecule has 0 atom stereocenters. The first-order valence-corrected chi connectivity index (χ1v) is 9.12. The number of hydrogen-bond acceptors (Lipinski definition) is 1. The molecule has 0 saturated heterocycles. The van der Waals surface area contributed by atoms with Crippen molar-refractivity contribution in [3.63, 3.8) is 0 Å². The van der Waals surface area contributed by atoms with Crippen molar-refractivity contribution < 1.29 is 4.79 Å². The van der Waals surface area contributed by atoms with E-state index in [1.807, 2.05) is 24.3 Å². The van der Waals surface area contributed by atoms with Gasteiger partial charge in [-0.15, -0.1) is 0 Å². The number of carbonyl (C=O) groups is 1. The molecule has 2 aromatic rings. The van der Waals surface area contributed by atoms with Crippen LogP contribution in [0.3, 0.4) is 0 Å². The van der Waals surface area contributed by atoms with Gasteiger partial charge in [0.1, 0.15) is 5.69 Å². The molecule has 23 heavy (non-hydrogen) atoms. The summed E-state index contributed by atoms with van der Waals surface area (Å²) < 4.78 is 0. The summed E-state index contributed by atoms with van der Waals surface area (Å²) in [5, 5.41) is 5.04. The Balaban J connectivity index is 1.38. The summed E-state index contributed by atoms with van der Waals surface area (Å²) in [7, 11) is 0. The molecule has 120 valence electrons. The Bertz CT molecular complexity index is 753. The Labute approximate surface area is 140 Å². The van der Waals surface area contributed by atoms with Gasteiger partial charge in [-0.1, -0.05) is 11.6 Å². The van der Waals surface area contributed by atoms with Crippen molar-refractivity contribution in [1.29, 1.82) is 0 Å². The Morgan fingerprint density at radius 3 is 2.43 bits per heavy atom. The Kier molecular flexibility index (Phi) is 3.03. The number of aromatic nitrogens is 1. The summed E-state index contributed by atoms with van der Waals surface area (Å²) in [4.78, 5) is 15.9. The Morgan fingerprint density at radius 1 is 1.04 bits per heavy atom. The minimum absolute atomic E-state index is 0.0368. The fourth-order valence-corrected chi connectivity index (χ4v) is 5.80. The largest absolute Gasteiger partial charge is 0.351 e. The van der Waals surface area contributed by atoms with Crippen LogP contribution in [0, 0.1) is 23.7 Å². The number of aromatic amines is 1. The maximum atomic E-state index is 12.7. The molecule has 0 spiro atoms. The predicted octanol–water partition coefficient (Wildman–Crippen LogP) is 4.38. The summed E-state index contributed by atoms with van der Waals surface area (Å²) >= 11 is 6.03. The van der Waals surface area contributed by atoms with Crippen molar-refractivity contribution in [1.82, 2.24) is 10.3 Å². The second-order valence-electron chi connectivity index (χ2n) is 7.84. The minimum atomic E-state index is 0.0368. The van der Waals surface area contributed by atoms with E-state index in [-0.39, 0.29) is 5.91 Å². The van der Waals surface area contributed by atoms with E-state index in [1.54, 1.807) is 0 Å². The normalized spacial score (nSPS) is 34.9. The predicted molar refractivity (Wildman–Crippen MR) is 91.6 cm³/mol. The first-order chi connectivity index (χ1) is 11.2. The zero-order chi connectivity index (χ0) is 15.6. The number of fused-ring (bicyclic) bond motifs is 1. The molecule has 0 unspecified atom stereocenters. The SMILES string of the molecule is O=C(NC1C2CC3CC(C2)CC1C3)c1cc2cc(Cl)ccc2[nH]1. The fraction of sp³-hybridized carbons (Fsp3) is 0.526. The summed E-state index contributed by atoms with van der Waals surface area (Å²) in [5.74, 6) is 3.31. The highest BCUT2D eigenvalue weighted by atomic mass is 35.5. The molecule has 6 rings (SSSR count). The molecule has 4 aliphatic carbocycles. The molecule has 4 saturated carbocycles. The topological polar surface area (TPSA) is 44.9 Å². The molecule has 1 aromatic carbocycles. The van der Waals surface area contributed by atoms with Gasteiger partial charge in [-0.05, 0) is 80.0 Å². The van der Waals surface area contributed by atoms with E-state index >= 15 is 0 Å². The van der Waals surface area contributed by atoms with Crippen LogP contribution in [0.1, 0.15) is 42.6 Å². The summed E-state index contributed by atoms with van der Waals surface area (Å²) in [5.41, 5.74) is 1.61. The molecular weight excluding hydrogens is 308 g/mol. The third kappa shape index (κ3) is 2.28. The van der Waals surface area contributed by atoms with E-state index in [0.717, 1.165) is 22.7 Å². The van der Waals surface area contributed by atoms with E-state index in [9.17, 15) is 4.79 Å². The molecule has 0 radical (unpaired) electrons. The van der Waals surface area contributed by atoms with Crippen molar-refractivity contribution in [2.45, 2.75) is 38.1 Å². The number of nitrogens with one attached hydrogen (secondary N) is 2. The van der Waals surface area contributed by atoms with Crippen LogP contribution < -0.4 is 5.32 Å². The molecular formula is C19H21ClN2O. The lowest BCUT2D eigenvalue weighted by atomic mass is 9.54. The Morgan fingerprint density at radius 2 is 1.74 bits per heavy atom. The standard InChI is InChI=1S/C19H21ClN2O/c20-15-1-2-16-12(8-15)9-17(21-16)19(23)22-18-13-4-10-3-11(6-13)7-14(18)5-10/h1-2,8-11,13-14,18,21H,3-7H2,(H,22,23). The van der Waals surface area contributed by atoms with Crippen LogP contribution in [0.4, 0.5) is 0 Å². The maximum absolute atomic E-state index is 12.7. The number of benzene rings is 1.